The molecule has 2 aliphatic heterocycles. The molecule has 1 unspecified atom stereocenters. The third-order valence-electron chi connectivity index (χ3n) is 7.54. The number of carbonyl (C=O) groups is 3. The Morgan fingerprint density at radius 1 is 1.12 bits per heavy atom. The van der Waals surface area contributed by atoms with Crippen LogP contribution in [0, 0.1) is 5.82 Å². The zero-order valence-electron chi connectivity index (χ0n) is 23.4. The smallest absolute Gasteiger partial charge is 0.320 e. The second kappa shape index (κ2) is 10.8. The lowest BCUT2D eigenvalue weighted by atomic mass is 9.79. The predicted molar refractivity (Wildman–Crippen MR) is 149 cm³/mol. The fourth-order valence-corrected chi connectivity index (χ4v) is 5.87. The minimum atomic E-state index is -1.15. The fourth-order valence-electron chi connectivity index (χ4n) is 5.87. The number of aromatic nitrogens is 4. The van der Waals surface area contributed by atoms with Crippen LogP contribution in [-0.2, 0) is 9.59 Å². The minimum Gasteiger partial charge on any atom is -0.489 e. The number of anilines is 2. The molecule has 1 atom stereocenters. The zero-order chi connectivity index (χ0) is 29.4. The van der Waals surface area contributed by atoms with E-state index >= 15 is 0 Å². The van der Waals surface area contributed by atoms with Crippen LogP contribution in [0.3, 0.4) is 0 Å². The van der Waals surface area contributed by atoms with E-state index in [2.05, 4.69) is 31.3 Å². The lowest BCUT2D eigenvalue weighted by molar-refractivity contribution is -0.148. The third-order valence-corrected chi connectivity index (χ3v) is 7.54. The summed E-state index contributed by atoms with van der Waals surface area (Å²) < 4.78 is 19.9. The van der Waals surface area contributed by atoms with Gasteiger partial charge in [-0.1, -0.05) is 12.1 Å². The molecule has 1 aromatic heterocycles. The van der Waals surface area contributed by atoms with E-state index in [-0.39, 0.29) is 30.5 Å². The van der Waals surface area contributed by atoms with E-state index in [0.717, 1.165) is 19.3 Å². The maximum atomic E-state index is 14.1. The fraction of sp³-hybridized carbons (Fsp3) is 0.429. The number of tetrazole rings is 1. The Balaban J connectivity index is 1.37. The second-order valence-electron chi connectivity index (χ2n) is 11.5. The van der Waals surface area contributed by atoms with Crippen molar-refractivity contribution in [2.75, 3.05) is 23.4 Å². The van der Waals surface area contributed by atoms with Crippen LogP contribution in [0.5, 0.6) is 5.75 Å². The molecule has 0 aliphatic carbocycles. The number of halogens is 1. The summed E-state index contributed by atoms with van der Waals surface area (Å²) in [4.78, 5) is 43.8. The standard InChI is InChI=1S/C28H33FN8O4/c1-27(2)11-6-12-28(3,4)37(27)23(38)15-36-21-10-9-18(29)14-22(21)41-16-20(25(36)39)31-26(40)30-19-8-5-7-17(13-19)24-32-34-35-33-24/h5,7-10,13-14,20H,6,11-12,15-16H2,1-4H3,(H2,30,31,40)(H,32,33,34,35). The number of hydrogen-bond acceptors (Lipinski definition) is 7. The third kappa shape index (κ3) is 5.83. The lowest BCUT2D eigenvalue weighted by Gasteiger charge is -2.53. The molecule has 3 heterocycles. The first-order valence-corrected chi connectivity index (χ1v) is 13.4. The molecule has 0 radical (unpaired) electrons. The van der Waals surface area contributed by atoms with Crippen molar-refractivity contribution in [3.8, 4) is 17.1 Å². The summed E-state index contributed by atoms with van der Waals surface area (Å²) in [6.45, 7) is 7.53. The largest absolute Gasteiger partial charge is 0.489 e. The number of hydrogen-bond donors (Lipinski definition) is 3. The van der Waals surface area contributed by atoms with Crippen LogP contribution in [-0.4, -0.2) is 73.6 Å². The summed E-state index contributed by atoms with van der Waals surface area (Å²) in [6, 6.07) is 8.76. The van der Waals surface area contributed by atoms with Crippen LogP contribution >= 0.6 is 0 Å². The molecule has 1 fully saturated rings. The average molecular weight is 565 g/mol. The topological polar surface area (TPSA) is 145 Å². The average Bonchev–Trinajstić information content (AvgIpc) is 3.40. The van der Waals surface area contributed by atoms with Crippen LogP contribution in [0.4, 0.5) is 20.6 Å². The van der Waals surface area contributed by atoms with Crippen molar-refractivity contribution in [2.24, 2.45) is 0 Å². The normalized spacial score (nSPS) is 19.5. The van der Waals surface area contributed by atoms with Gasteiger partial charge in [0.25, 0.3) is 5.91 Å². The van der Waals surface area contributed by atoms with Gasteiger partial charge in [-0.2, -0.15) is 5.21 Å². The minimum absolute atomic E-state index is 0.112. The van der Waals surface area contributed by atoms with Gasteiger partial charge < -0.3 is 20.3 Å². The molecule has 2 aliphatic rings. The molecule has 41 heavy (non-hydrogen) atoms. The number of amides is 4. The summed E-state index contributed by atoms with van der Waals surface area (Å²) in [5.74, 6) is -0.877. The van der Waals surface area contributed by atoms with Crippen molar-refractivity contribution in [3.63, 3.8) is 0 Å². The van der Waals surface area contributed by atoms with Crippen molar-refractivity contribution in [1.82, 2.24) is 30.8 Å². The molecule has 0 saturated carbocycles. The summed E-state index contributed by atoms with van der Waals surface area (Å²) in [5, 5.41) is 19.1. The molecule has 13 heteroatoms. The highest BCUT2D eigenvalue weighted by Gasteiger charge is 2.45. The molecule has 3 N–H and O–H groups in total. The number of nitrogens with one attached hydrogen (secondary N) is 3. The number of nitrogens with zero attached hydrogens (tertiary/aromatic N) is 5. The Morgan fingerprint density at radius 3 is 2.59 bits per heavy atom. The van der Waals surface area contributed by atoms with Crippen LogP contribution in [0.2, 0.25) is 0 Å². The van der Waals surface area contributed by atoms with Gasteiger partial charge in [-0.25, -0.2) is 9.18 Å². The Hall–Kier alpha value is -4.55. The van der Waals surface area contributed by atoms with Crippen LogP contribution < -0.4 is 20.3 Å². The number of benzene rings is 2. The number of H-pyrrole nitrogens is 1. The lowest BCUT2D eigenvalue weighted by Crippen LogP contribution is -2.63. The van der Waals surface area contributed by atoms with E-state index in [1.807, 2.05) is 32.6 Å². The highest BCUT2D eigenvalue weighted by molar-refractivity contribution is 6.05. The zero-order valence-corrected chi connectivity index (χ0v) is 23.4. The van der Waals surface area contributed by atoms with Crippen molar-refractivity contribution in [1.29, 1.82) is 0 Å². The SMILES string of the molecule is CC1(C)CCCC(C)(C)N1C(=O)CN1C(=O)C(NC(=O)Nc2cccc(-c3nn[nH]n3)c2)COc2cc(F)ccc21. The van der Waals surface area contributed by atoms with Crippen LogP contribution in [0.15, 0.2) is 42.5 Å². The Labute approximate surface area is 236 Å². The highest BCUT2D eigenvalue weighted by Crippen LogP contribution is 2.39. The van der Waals surface area contributed by atoms with E-state index in [0.29, 0.717) is 17.1 Å². The molecule has 216 valence electrons. The van der Waals surface area contributed by atoms with Gasteiger partial charge in [0.2, 0.25) is 11.7 Å². The molecule has 1 saturated heterocycles. The van der Waals surface area contributed by atoms with Crippen molar-refractivity contribution >= 4 is 29.2 Å². The van der Waals surface area contributed by atoms with Crippen LogP contribution in [0.1, 0.15) is 47.0 Å². The van der Waals surface area contributed by atoms with Gasteiger partial charge >= 0.3 is 6.03 Å². The molecule has 2 aromatic carbocycles. The number of aromatic amines is 1. The van der Waals surface area contributed by atoms with Gasteiger partial charge in [0.1, 0.15) is 30.8 Å². The van der Waals surface area contributed by atoms with E-state index in [1.165, 1.54) is 23.1 Å². The predicted octanol–water partition coefficient (Wildman–Crippen LogP) is 3.49. The van der Waals surface area contributed by atoms with Crippen molar-refractivity contribution in [3.05, 3.63) is 48.3 Å². The molecular formula is C28H33FN8O4. The Bertz CT molecular complexity index is 1440. The number of likely N-dealkylation sites (tertiary alicyclic amines) is 1. The van der Waals surface area contributed by atoms with E-state index in [9.17, 15) is 18.8 Å². The number of urea groups is 1. The van der Waals surface area contributed by atoms with E-state index in [1.54, 1.807) is 24.3 Å². The van der Waals surface area contributed by atoms with E-state index in [4.69, 9.17) is 4.74 Å². The first-order valence-electron chi connectivity index (χ1n) is 13.4. The maximum absolute atomic E-state index is 14.1. The number of piperidine rings is 1. The number of carbonyl (C=O) groups excluding carboxylic acids is 3. The second-order valence-corrected chi connectivity index (χ2v) is 11.5. The monoisotopic (exact) mass is 564 g/mol. The molecule has 12 nitrogen and oxygen atoms in total. The molecular weight excluding hydrogens is 531 g/mol. The Morgan fingerprint density at radius 2 is 1.88 bits per heavy atom. The summed E-state index contributed by atoms with van der Waals surface area (Å²) in [5.41, 5.74) is 0.483. The first kappa shape index (κ1) is 28.0. The quantitative estimate of drug-likeness (QED) is 0.430. The number of rotatable bonds is 5. The summed E-state index contributed by atoms with van der Waals surface area (Å²) in [6.07, 6.45) is 2.65. The Kier molecular flexibility index (Phi) is 7.37. The summed E-state index contributed by atoms with van der Waals surface area (Å²) >= 11 is 0. The van der Waals surface area contributed by atoms with Crippen molar-refractivity contribution in [2.45, 2.75) is 64.1 Å². The van der Waals surface area contributed by atoms with Gasteiger partial charge in [0, 0.05) is 28.4 Å². The molecule has 0 spiro atoms. The first-order chi connectivity index (χ1) is 19.4. The maximum Gasteiger partial charge on any atom is 0.320 e. The molecule has 3 aromatic rings. The van der Waals surface area contributed by atoms with Gasteiger partial charge in [-0.15, -0.1) is 10.2 Å². The molecule has 0 bridgehead atoms. The summed E-state index contributed by atoms with van der Waals surface area (Å²) in [7, 11) is 0. The highest BCUT2D eigenvalue weighted by atomic mass is 19.1. The van der Waals surface area contributed by atoms with Gasteiger partial charge in [0.15, 0.2) is 0 Å². The van der Waals surface area contributed by atoms with Gasteiger partial charge in [-0.05, 0) is 76.4 Å². The van der Waals surface area contributed by atoms with Crippen molar-refractivity contribution < 1.29 is 23.5 Å². The number of fused-ring (bicyclic) bond motifs is 1. The van der Waals surface area contributed by atoms with Gasteiger partial charge in [0.05, 0.1) is 5.69 Å². The molecule has 5 rings (SSSR count). The molecule has 4 amide bonds. The number of ether oxygens (including phenoxy) is 1. The van der Waals surface area contributed by atoms with Gasteiger partial charge in [-0.3, -0.25) is 14.5 Å². The van der Waals surface area contributed by atoms with Crippen LogP contribution in [0.25, 0.3) is 11.4 Å². The van der Waals surface area contributed by atoms with E-state index < -0.39 is 34.9 Å².